The highest BCUT2D eigenvalue weighted by Crippen LogP contribution is 2.29. The van der Waals surface area contributed by atoms with E-state index in [0.29, 0.717) is 73.2 Å². The van der Waals surface area contributed by atoms with Gasteiger partial charge in [0.2, 0.25) is 0 Å². The predicted octanol–water partition coefficient (Wildman–Crippen LogP) is 3.56. The third-order valence-electron chi connectivity index (χ3n) is 8.19. The van der Waals surface area contributed by atoms with Gasteiger partial charge in [0.05, 0.1) is 18.7 Å². The number of pyridine rings is 1. The van der Waals surface area contributed by atoms with Gasteiger partial charge in [-0.1, -0.05) is 0 Å². The summed E-state index contributed by atoms with van der Waals surface area (Å²) in [6, 6.07) is 15.8. The Hall–Kier alpha value is -5.40. The first-order valence-electron chi connectivity index (χ1n) is 15.5. The van der Waals surface area contributed by atoms with E-state index in [1.165, 1.54) is 6.20 Å². The van der Waals surface area contributed by atoms with Crippen LogP contribution in [0.5, 0.6) is 0 Å². The molecular formula is C34H38N10O3. The zero-order valence-electron chi connectivity index (χ0n) is 26.5. The number of urea groups is 1. The molecule has 13 heteroatoms. The van der Waals surface area contributed by atoms with Crippen molar-refractivity contribution >= 4 is 52.0 Å². The van der Waals surface area contributed by atoms with E-state index in [-0.39, 0.29) is 5.91 Å². The first-order chi connectivity index (χ1) is 22.9. The van der Waals surface area contributed by atoms with Crippen molar-refractivity contribution in [3.8, 4) is 11.4 Å². The number of rotatable bonds is 7. The standard InChI is InChI=1S/C34H38N10O3/c1-36-21-26(20-35)25-19-29-30(37-22-25)32(43-15-17-47-18-16-43)41-31(40-29)23-3-7-27(8-4-23)38-34(46)39-28-9-5-24(6-10-28)33(45)44-13-11-42(2)12-14-44/h3-10,19-22H,11-18,35H2,1-2H3,(H2,38,39,46). The number of nitrogens with one attached hydrogen (secondary N) is 2. The SMILES string of the molecule is CN=CC(=CN)c1cnc2c(N3CCOCC3)nc(-c3ccc(NC(=O)Nc4ccc(C(=O)N5CCN(C)CC5)cc4)cc3)nc2c1. The molecule has 2 aliphatic heterocycles. The Labute approximate surface area is 273 Å². The minimum atomic E-state index is -0.398. The number of amides is 3. The van der Waals surface area contributed by atoms with E-state index >= 15 is 0 Å². The summed E-state index contributed by atoms with van der Waals surface area (Å²) in [7, 11) is 3.74. The molecule has 0 aliphatic carbocycles. The summed E-state index contributed by atoms with van der Waals surface area (Å²) < 4.78 is 5.57. The lowest BCUT2D eigenvalue weighted by atomic mass is 10.1. The number of hydrogen-bond acceptors (Lipinski definition) is 10. The fourth-order valence-corrected chi connectivity index (χ4v) is 5.52. The van der Waals surface area contributed by atoms with Gasteiger partial charge in [-0.25, -0.2) is 14.8 Å². The number of carbonyl (C=O) groups is 2. The number of allylic oxidation sites excluding steroid dienone is 1. The van der Waals surface area contributed by atoms with E-state index in [4.69, 9.17) is 25.4 Å². The summed E-state index contributed by atoms with van der Waals surface area (Å²) in [6.45, 7) is 5.73. The molecule has 2 fully saturated rings. The van der Waals surface area contributed by atoms with Gasteiger partial charge in [0.15, 0.2) is 11.6 Å². The van der Waals surface area contributed by atoms with E-state index < -0.39 is 6.03 Å². The smallest absolute Gasteiger partial charge is 0.323 e. The molecule has 6 rings (SSSR count). The molecular weight excluding hydrogens is 596 g/mol. The fourth-order valence-electron chi connectivity index (χ4n) is 5.52. The van der Waals surface area contributed by atoms with Gasteiger partial charge in [-0.15, -0.1) is 0 Å². The van der Waals surface area contributed by atoms with Crippen LogP contribution in [-0.4, -0.2) is 109 Å². The number of aliphatic imine (C=N–C) groups is 1. The number of morpholine rings is 1. The van der Waals surface area contributed by atoms with Crippen molar-refractivity contribution in [3.63, 3.8) is 0 Å². The van der Waals surface area contributed by atoms with E-state index in [9.17, 15) is 9.59 Å². The molecule has 0 spiro atoms. The van der Waals surface area contributed by atoms with Crippen LogP contribution in [0.1, 0.15) is 15.9 Å². The van der Waals surface area contributed by atoms with Gasteiger partial charge >= 0.3 is 6.03 Å². The van der Waals surface area contributed by atoms with Crippen molar-refractivity contribution in [1.29, 1.82) is 0 Å². The average molecular weight is 635 g/mol. The number of carbonyl (C=O) groups excluding carboxylic acids is 2. The molecule has 0 atom stereocenters. The van der Waals surface area contributed by atoms with Crippen LogP contribution in [-0.2, 0) is 4.74 Å². The van der Waals surface area contributed by atoms with Gasteiger partial charge in [-0.2, -0.15) is 0 Å². The molecule has 2 aromatic heterocycles. The van der Waals surface area contributed by atoms with E-state index in [1.54, 1.807) is 55.9 Å². The van der Waals surface area contributed by atoms with Gasteiger partial charge < -0.3 is 35.8 Å². The number of ether oxygens (including phenoxy) is 1. The Balaban J connectivity index is 1.17. The van der Waals surface area contributed by atoms with Crippen molar-refractivity contribution in [2.24, 2.45) is 10.7 Å². The molecule has 0 unspecified atom stereocenters. The molecule has 2 saturated heterocycles. The number of nitrogens with two attached hydrogens (primary N) is 1. The van der Waals surface area contributed by atoms with Gasteiger partial charge in [0.25, 0.3) is 5.91 Å². The molecule has 0 bridgehead atoms. The summed E-state index contributed by atoms with van der Waals surface area (Å²) in [5.41, 5.74) is 11.3. The molecule has 242 valence electrons. The minimum Gasteiger partial charge on any atom is -0.404 e. The molecule has 0 radical (unpaired) electrons. The third kappa shape index (κ3) is 7.37. The highest BCUT2D eigenvalue weighted by Gasteiger charge is 2.21. The lowest BCUT2D eigenvalue weighted by Crippen LogP contribution is -2.47. The molecule has 47 heavy (non-hydrogen) atoms. The maximum atomic E-state index is 12.8. The van der Waals surface area contributed by atoms with Gasteiger partial charge in [-0.05, 0) is 61.6 Å². The number of piperazine rings is 1. The van der Waals surface area contributed by atoms with Crippen molar-refractivity contribution in [3.05, 3.63) is 78.1 Å². The number of nitrogens with zero attached hydrogens (tertiary/aromatic N) is 7. The van der Waals surface area contributed by atoms with Gasteiger partial charge in [0.1, 0.15) is 5.52 Å². The first kappa shape index (κ1) is 31.6. The first-order valence-corrected chi connectivity index (χ1v) is 15.5. The third-order valence-corrected chi connectivity index (χ3v) is 8.19. The van der Waals surface area contributed by atoms with Crippen LogP contribution in [0, 0.1) is 0 Å². The number of hydrogen-bond donors (Lipinski definition) is 3. The van der Waals surface area contributed by atoms with Crippen LogP contribution in [0.2, 0.25) is 0 Å². The quantitative estimate of drug-likeness (QED) is 0.259. The second-order valence-corrected chi connectivity index (χ2v) is 11.4. The molecule has 0 saturated carbocycles. The van der Waals surface area contributed by atoms with E-state index in [2.05, 4.69) is 32.5 Å². The molecule has 13 nitrogen and oxygen atoms in total. The Morgan fingerprint density at radius 2 is 1.55 bits per heavy atom. The molecule has 3 amide bonds. The maximum absolute atomic E-state index is 12.8. The Bertz CT molecular complexity index is 1790. The van der Waals surface area contributed by atoms with E-state index in [1.807, 2.05) is 23.1 Å². The second-order valence-electron chi connectivity index (χ2n) is 11.4. The van der Waals surface area contributed by atoms with Crippen molar-refractivity contribution in [2.45, 2.75) is 0 Å². The number of fused-ring (bicyclic) bond motifs is 1. The molecule has 2 aliphatic rings. The number of benzene rings is 2. The summed E-state index contributed by atoms with van der Waals surface area (Å²) in [5, 5.41) is 5.69. The van der Waals surface area contributed by atoms with Crippen LogP contribution in [0.4, 0.5) is 22.0 Å². The van der Waals surface area contributed by atoms with Crippen LogP contribution >= 0.6 is 0 Å². The normalized spacial score (nSPS) is 16.1. The van der Waals surface area contributed by atoms with Gasteiger partial charge in [0, 0.05) is 98.6 Å². The highest BCUT2D eigenvalue weighted by molar-refractivity contribution is 6.10. The molecule has 4 N–H and O–H groups in total. The predicted molar refractivity (Wildman–Crippen MR) is 185 cm³/mol. The maximum Gasteiger partial charge on any atom is 0.323 e. The monoisotopic (exact) mass is 634 g/mol. The van der Waals surface area contributed by atoms with Crippen molar-refractivity contribution in [2.75, 3.05) is 82.1 Å². The average Bonchev–Trinajstić information content (AvgIpc) is 3.11. The largest absolute Gasteiger partial charge is 0.404 e. The fraction of sp³-hybridized carbons (Fsp3) is 0.294. The molecule has 4 aromatic rings. The summed E-state index contributed by atoms with van der Waals surface area (Å²) in [4.78, 5) is 50.4. The van der Waals surface area contributed by atoms with Gasteiger partial charge in [-0.3, -0.25) is 14.8 Å². The van der Waals surface area contributed by atoms with Crippen LogP contribution in [0.15, 0.2) is 72.0 Å². The van der Waals surface area contributed by atoms with Crippen LogP contribution < -0.4 is 21.3 Å². The highest BCUT2D eigenvalue weighted by atomic mass is 16.5. The summed E-state index contributed by atoms with van der Waals surface area (Å²) in [5.74, 6) is 1.27. The number of aromatic nitrogens is 3. The Morgan fingerprint density at radius 3 is 2.19 bits per heavy atom. The lowest BCUT2D eigenvalue weighted by molar-refractivity contribution is 0.0664. The summed E-state index contributed by atoms with van der Waals surface area (Å²) in [6.07, 6.45) is 4.93. The Morgan fingerprint density at radius 1 is 0.894 bits per heavy atom. The topological polar surface area (TPSA) is 154 Å². The molecule has 2 aromatic carbocycles. The zero-order chi connectivity index (χ0) is 32.8. The summed E-state index contributed by atoms with van der Waals surface area (Å²) >= 11 is 0. The number of likely N-dealkylation sites (N-methyl/N-ethyl adjacent to an activating group) is 1. The van der Waals surface area contributed by atoms with Crippen molar-refractivity contribution < 1.29 is 14.3 Å². The second kappa shape index (κ2) is 14.4. The minimum absolute atomic E-state index is 0.00134. The van der Waals surface area contributed by atoms with Crippen molar-refractivity contribution in [1.82, 2.24) is 24.8 Å². The molecule has 4 heterocycles. The zero-order valence-corrected chi connectivity index (χ0v) is 26.5. The van der Waals surface area contributed by atoms with E-state index in [0.717, 1.165) is 35.6 Å². The lowest BCUT2D eigenvalue weighted by Gasteiger charge is -2.32. The van der Waals surface area contributed by atoms with Crippen LogP contribution in [0.3, 0.4) is 0 Å². The van der Waals surface area contributed by atoms with Crippen LogP contribution in [0.25, 0.3) is 28.0 Å². The Kier molecular flexibility index (Phi) is 9.64. The number of anilines is 3.